The second-order valence-corrected chi connectivity index (χ2v) is 4.09. The predicted octanol–water partition coefficient (Wildman–Crippen LogP) is 2.51. The van der Waals surface area contributed by atoms with Crippen LogP contribution in [0.25, 0.3) is 0 Å². The van der Waals surface area contributed by atoms with Crippen LogP contribution in [0.4, 0.5) is 0 Å². The first-order valence-electron chi connectivity index (χ1n) is 5.65. The van der Waals surface area contributed by atoms with E-state index in [1.165, 1.54) is 0 Å². The fraction of sp³-hybridized carbons (Fsp3) is 0.538. The van der Waals surface area contributed by atoms with Gasteiger partial charge in [0.2, 0.25) is 0 Å². The van der Waals surface area contributed by atoms with E-state index in [1.807, 2.05) is 38.1 Å². The fourth-order valence-electron chi connectivity index (χ4n) is 1.55. The summed E-state index contributed by atoms with van der Waals surface area (Å²) in [6.07, 6.45) is 0.963. The maximum Gasteiger partial charge on any atom is 0.124 e. The average molecular weight is 223 g/mol. The Morgan fingerprint density at radius 3 is 2.56 bits per heavy atom. The Hall–Kier alpha value is -1.06. The van der Waals surface area contributed by atoms with Crippen LogP contribution in [0.1, 0.15) is 31.9 Å². The summed E-state index contributed by atoms with van der Waals surface area (Å²) in [7, 11) is 1.68. The number of methoxy groups -OCH3 is 1. The van der Waals surface area contributed by atoms with Gasteiger partial charge in [-0.05, 0) is 26.3 Å². The molecule has 2 N–H and O–H groups in total. The Labute approximate surface area is 97.6 Å². The van der Waals surface area contributed by atoms with E-state index in [0.29, 0.717) is 6.61 Å². The molecule has 0 amide bonds. The molecule has 0 aliphatic rings. The van der Waals surface area contributed by atoms with Crippen LogP contribution in [0.3, 0.4) is 0 Å². The average Bonchev–Trinajstić information content (AvgIpc) is 2.26. The minimum Gasteiger partial charge on any atom is -0.491 e. The van der Waals surface area contributed by atoms with E-state index in [0.717, 1.165) is 17.7 Å². The molecule has 3 nitrogen and oxygen atoms in total. The molecule has 0 saturated heterocycles. The Balaban J connectivity index is 2.76. The third kappa shape index (κ3) is 3.83. The number of hydrogen-bond donors (Lipinski definition) is 1. The van der Waals surface area contributed by atoms with Gasteiger partial charge in [-0.15, -0.1) is 0 Å². The number of nitrogens with two attached hydrogens (primary N) is 1. The first-order valence-corrected chi connectivity index (χ1v) is 5.65. The van der Waals surface area contributed by atoms with Crippen molar-refractivity contribution in [3.05, 3.63) is 29.8 Å². The first kappa shape index (κ1) is 13.0. The molecule has 0 aromatic heterocycles. The number of para-hydroxylation sites is 1. The van der Waals surface area contributed by atoms with Crippen LogP contribution >= 0.6 is 0 Å². The smallest absolute Gasteiger partial charge is 0.124 e. The Bertz CT molecular complexity index is 313. The standard InChI is InChI=1S/C13H21NO2/c1-10(2)16-13-7-5-4-6-11(13)12(14)8-9-15-3/h4-7,10,12H,8-9,14H2,1-3H3. The van der Waals surface area contributed by atoms with Gasteiger partial charge in [-0.2, -0.15) is 0 Å². The zero-order valence-electron chi connectivity index (χ0n) is 10.3. The summed E-state index contributed by atoms with van der Waals surface area (Å²) in [6, 6.07) is 7.88. The van der Waals surface area contributed by atoms with Crippen molar-refractivity contribution >= 4 is 0 Å². The summed E-state index contributed by atoms with van der Waals surface area (Å²) in [5.41, 5.74) is 7.15. The minimum absolute atomic E-state index is 0.0325. The molecule has 0 aliphatic heterocycles. The summed E-state index contributed by atoms with van der Waals surface area (Å²) >= 11 is 0. The SMILES string of the molecule is COCCC(N)c1ccccc1OC(C)C. The third-order valence-electron chi connectivity index (χ3n) is 2.31. The summed E-state index contributed by atoms with van der Waals surface area (Å²) in [4.78, 5) is 0. The quantitative estimate of drug-likeness (QED) is 0.806. The normalized spacial score (nSPS) is 12.8. The van der Waals surface area contributed by atoms with Crippen molar-refractivity contribution in [1.82, 2.24) is 0 Å². The van der Waals surface area contributed by atoms with Crippen LogP contribution in [0.5, 0.6) is 5.75 Å². The van der Waals surface area contributed by atoms with Gasteiger partial charge in [0, 0.05) is 25.3 Å². The number of ether oxygens (including phenoxy) is 2. The molecule has 3 heteroatoms. The molecule has 1 aromatic carbocycles. The number of hydrogen-bond acceptors (Lipinski definition) is 3. The molecule has 1 unspecified atom stereocenters. The first-order chi connectivity index (χ1) is 7.65. The van der Waals surface area contributed by atoms with Crippen molar-refractivity contribution < 1.29 is 9.47 Å². The van der Waals surface area contributed by atoms with Crippen molar-refractivity contribution in [2.45, 2.75) is 32.4 Å². The Morgan fingerprint density at radius 2 is 1.94 bits per heavy atom. The van der Waals surface area contributed by atoms with Gasteiger partial charge >= 0.3 is 0 Å². The summed E-state index contributed by atoms with van der Waals surface area (Å²) in [6.45, 7) is 4.69. The van der Waals surface area contributed by atoms with E-state index in [-0.39, 0.29) is 12.1 Å². The third-order valence-corrected chi connectivity index (χ3v) is 2.31. The second kappa shape index (κ2) is 6.51. The molecule has 0 bridgehead atoms. The maximum absolute atomic E-state index is 6.10. The van der Waals surface area contributed by atoms with E-state index < -0.39 is 0 Å². The van der Waals surface area contributed by atoms with Gasteiger partial charge < -0.3 is 15.2 Å². The molecule has 1 atom stereocenters. The lowest BCUT2D eigenvalue weighted by Crippen LogP contribution is -2.15. The highest BCUT2D eigenvalue weighted by Gasteiger charge is 2.12. The number of benzene rings is 1. The largest absolute Gasteiger partial charge is 0.491 e. The van der Waals surface area contributed by atoms with E-state index in [9.17, 15) is 0 Å². The van der Waals surface area contributed by atoms with Crippen LogP contribution in [-0.4, -0.2) is 19.8 Å². The number of rotatable bonds is 6. The molecular weight excluding hydrogens is 202 g/mol. The molecule has 0 fully saturated rings. The van der Waals surface area contributed by atoms with E-state index in [4.69, 9.17) is 15.2 Å². The Morgan fingerprint density at radius 1 is 1.25 bits per heavy atom. The van der Waals surface area contributed by atoms with Gasteiger partial charge in [-0.1, -0.05) is 18.2 Å². The van der Waals surface area contributed by atoms with Crippen molar-refractivity contribution in [1.29, 1.82) is 0 Å². The van der Waals surface area contributed by atoms with Gasteiger partial charge in [0.15, 0.2) is 0 Å². The highest BCUT2D eigenvalue weighted by Crippen LogP contribution is 2.26. The second-order valence-electron chi connectivity index (χ2n) is 4.09. The van der Waals surface area contributed by atoms with Gasteiger partial charge in [0.25, 0.3) is 0 Å². The van der Waals surface area contributed by atoms with E-state index in [2.05, 4.69) is 0 Å². The zero-order valence-corrected chi connectivity index (χ0v) is 10.3. The van der Waals surface area contributed by atoms with Crippen LogP contribution in [0, 0.1) is 0 Å². The predicted molar refractivity (Wildman–Crippen MR) is 65.6 cm³/mol. The molecule has 0 heterocycles. The van der Waals surface area contributed by atoms with Crippen LogP contribution in [-0.2, 0) is 4.74 Å². The lowest BCUT2D eigenvalue weighted by atomic mass is 10.0. The van der Waals surface area contributed by atoms with Gasteiger partial charge in [0.1, 0.15) is 5.75 Å². The van der Waals surface area contributed by atoms with E-state index >= 15 is 0 Å². The molecule has 1 aromatic rings. The topological polar surface area (TPSA) is 44.5 Å². The molecule has 0 saturated carbocycles. The highest BCUT2D eigenvalue weighted by molar-refractivity contribution is 5.35. The van der Waals surface area contributed by atoms with Crippen molar-refractivity contribution in [3.8, 4) is 5.75 Å². The molecule has 16 heavy (non-hydrogen) atoms. The molecule has 90 valence electrons. The highest BCUT2D eigenvalue weighted by atomic mass is 16.5. The summed E-state index contributed by atoms with van der Waals surface area (Å²) in [5.74, 6) is 0.876. The van der Waals surface area contributed by atoms with Gasteiger partial charge in [0.05, 0.1) is 6.10 Å². The van der Waals surface area contributed by atoms with Crippen LogP contribution < -0.4 is 10.5 Å². The maximum atomic E-state index is 6.10. The zero-order chi connectivity index (χ0) is 12.0. The van der Waals surface area contributed by atoms with Gasteiger partial charge in [-0.3, -0.25) is 0 Å². The minimum atomic E-state index is -0.0325. The fourth-order valence-corrected chi connectivity index (χ4v) is 1.55. The Kier molecular flexibility index (Phi) is 5.29. The molecule has 0 aliphatic carbocycles. The lowest BCUT2D eigenvalue weighted by molar-refractivity contribution is 0.186. The summed E-state index contributed by atoms with van der Waals surface area (Å²) in [5, 5.41) is 0. The summed E-state index contributed by atoms with van der Waals surface area (Å²) < 4.78 is 10.8. The van der Waals surface area contributed by atoms with Crippen LogP contribution in [0.2, 0.25) is 0 Å². The van der Waals surface area contributed by atoms with Crippen molar-refractivity contribution in [3.63, 3.8) is 0 Å². The molecule has 0 radical (unpaired) electrons. The van der Waals surface area contributed by atoms with E-state index in [1.54, 1.807) is 7.11 Å². The molecule has 1 rings (SSSR count). The van der Waals surface area contributed by atoms with Crippen LogP contribution in [0.15, 0.2) is 24.3 Å². The molecule has 0 spiro atoms. The lowest BCUT2D eigenvalue weighted by Gasteiger charge is -2.18. The van der Waals surface area contributed by atoms with Crippen molar-refractivity contribution in [2.24, 2.45) is 5.73 Å². The monoisotopic (exact) mass is 223 g/mol. The molecular formula is C13H21NO2. The van der Waals surface area contributed by atoms with Gasteiger partial charge in [-0.25, -0.2) is 0 Å². The van der Waals surface area contributed by atoms with Crippen molar-refractivity contribution in [2.75, 3.05) is 13.7 Å².